The zero-order valence-electron chi connectivity index (χ0n) is 17.9. The Bertz CT molecular complexity index is 826. The number of benzene rings is 2. The maximum Gasteiger partial charge on any atom is 0.238 e. The van der Waals surface area contributed by atoms with E-state index in [1.807, 2.05) is 71.0 Å². The number of carbonyl (C=O) groups excluding carboxylic acids is 2. The Balaban J connectivity index is 1.87. The highest BCUT2D eigenvalue weighted by Gasteiger charge is 2.17. The second kappa shape index (κ2) is 10.1. The lowest BCUT2D eigenvalue weighted by Crippen LogP contribution is -2.47. The summed E-state index contributed by atoms with van der Waals surface area (Å²) in [5, 5.41) is 5.77. The summed E-state index contributed by atoms with van der Waals surface area (Å²) in [6.07, 6.45) is 0. The Morgan fingerprint density at radius 1 is 0.966 bits per heavy atom. The molecule has 2 amide bonds. The molecule has 0 spiro atoms. The zero-order chi connectivity index (χ0) is 21.4. The fourth-order valence-electron chi connectivity index (χ4n) is 2.77. The summed E-state index contributed by atoms with van der Waals surface area (Å²) in [5.41, 5.74) is 1.52. The van der Waals surface area contributed by atoms with Crippen molar-refractivity contribution in [1.82, 2.24) is 10.2 Å². The maximum atomic E-state index is 12.3. The molecular weight excluding hydrogens is 366 g/mol. The molecule has 0 aliphatic heterocycles. The van der Waals surface area contributed by atoms with E-state index in [2.05, 4.69) is 10.6 Å². The largest absolute Gasteiger partial charge is 0.457 e. The van der Waals surface area contributed by atoms with Gasteiger partial charge in [0.25, 0.3) is 0 Å². The van der Waals surface area contributed by atoms with Gasteiger partial charge in [-0.25, -0.2) is 0 Å². The standard InChI is InChI=1S/C23H31N3O3/c1-6-26(16-22(28)25-23(3,4)5)15-21(27)24-18-10-12-19(13-11-18)29-20-9-7-8-17(2)14-20/h7-14H,6,15-16H2,1-5H3,(H,24,27)(H,25,28). The van der Waals surface area contributed by atoms with E-state index in [9.17, 15) is 9.59 Å². The van der Waals surface area contributed by atoms with Gasteiger partial charge in [-0.2, -0.15) is 0 Å². The monoisotopic (exact) mass is 397 g/mol. The van der Waals surface area contributed by atoms with Crippen LogP contribution >= 0.6 is 0 Å². The molecule has 6 nitrogen and oxygen atoms in total. The number of aryl methyl sites for hydroxylation is 1. The summed E-state index contributed by atoms with van der Waals surface area (Å²) in [6.45, 7) is 10.7. The van der Waals surface area contributed by atoms with Crippen LogP contribution in [-0.2, 0) is 9.59 Å². The van der Waals surface area contributed by atoms with E-state index in [4.69, 9.17) is 4.74 Å². The number of carbonyl (C=O) groups is 2. The lowest BCUT2D eigenvalue weighted by molar-refractivity contribution is -0.124. The van der Waals surface area contributed by atoms with E-state index >= 15 is 0 Å². The first-order chi connectivity index (χ1) is 13.6. The van der Waals surface area contributed by atoms with Crippen molar-refractivity contribution in [2.75, 3.05) is 25.0 Å². The van der Waals surface area contributed by atoms with E-state index in [1.165, 1.54) is 0 Å². The van der Waals surface area contributed by atoms with Crippen LogP contribution in [0.2, 0.25) is 0 Å². The molecule has 0 aliphatic carbocycles. The Morgan fingerprint density at radius 3 is 2.21 bits per heavy atom. The molecule has 0 radical (unpaired) electrons. The van der Waals surface area contributed by atoms with Gasteiger partial charge < -0.3 is 15.4 Å². The van der Waals surface area contributed by atoms with Crippen molar-refractivity contribution in [3.63, 3.8) is 0 Å². The lowest BCUT2D eigenvalue weighted by atomic mass is 10.1. The van der Waals surface area contributed by atoms with Gasteiger partial charge in [0, 0.05) is 11.2 Å². The van der Waals surface area contributed by atoms with E-state index in [0.717, 1.165) is 11.3 Å². The molecular formula is C23H31N3O3. The number of anilines is 1. The van der Waals surface area contributed by atoms with Crippen LogP contribution in [0.15, 0.2) is 48.5 Å². The van der Waals surface area contributed by atoms with Crippen LogP contribution in [-0.4, -0.2) is 41.9 Å². The minimum Gasteiger partial charge on any atom is -0.457 e. The van der Waals surface area contributed by atoms with Crippen molar-refractivity contribution in [1.29, 1.82) is 0 Å². The third-order valence-corrected chi connectivity index (χ3v) is 4.06. The van der Waals surface area contributed by atoms with Gasteiger partial charge in [-0.05, 0) is 76.2 Å². The number of likely N-dealkylation sites (N-methyl/N-ethyl adjacent to an activating group) is 1. The van der Waals surface area contributed by atoms with Crippen LogP contribution in [0.4, 0.5) is 5.69 Å². The smallest absolute Gasteiger partial charge is 0.238 e. The van der Waals surface area contributed by atoms with Gasteiger partial charge in [-0.1, -0.05) is 19.1 Å². The fourth-order valence-corrected chi connectivity index (χ4v) is 2.77. The number of ether oxygens (including phenoxy) is 1. The third-order valence-electron chi connectivity index (χ3n) is 4.06. The van der Waals surface area contributed by atoms with E-state index in [1.54, 1.807) is 17.0 Å². The van der Waals surface area contributed by atoms with Crippen molar-refractivity contribution < 1.29 is 14.3 Å². The van der Waals surface area contributed by atoms with E-state index in [0.29, 0.717) is 18.0 Å². The third kappa shape index (κ3) is 8.35. The van der Waals surface area contributed by atoms with Crippen molar-refractivity contribution in [2.24, 2.45) is 0 Å². The van der Waals surface area contributed by atoms with Crippen LogP contribution in [0.3, 0.4) is 0 Å². The highest BCUT2D eigenvalue weighted by Crippen LogP contribution is 2.23. The summed E-state index contributed by atoms with van der Waals surface area (Å²) in [7, 11) is 0. The Hall–Kier alpha value is -2.86. The molecule has 0 atom stereocenters. The van der Waals surface area contributed by atoms with Crippen LogP contribution in [0.1, 0.15) is 33.3 Å². The molecule has 0 bridgehead atoms. The summed E-state index contributed by atoms with van der Waals surface area (Å²) >= 11 is 0. The van der Waals surface area contributed by atoms with Crippen LogP contribution in [0, 0.1) is 6.92 Å². The Labute approximate surface area is 173 Å². The summed E-state index contributed by atoms with van der Waals surface area (Å²) in [6, 6.07) is 15.0. The highest BCUT2D eigenvalue weighted by molar-refractivity contribution is 5.92. The van der Waals surface area contributed by atoms with Crippen molar-refractivity contribution in [3.8, 4) is 11.5 Å². The predicted molar refractivity (Wildman–Crippen MR) is 116 cm³/mol. The first-order valence-corrected chi connectivity index (χ1v) is 9.82. The zero-order valence-corrected chi connectivity index (χ0v) is 17.9. The summed E-state index contributed by atoms with van der Waals surface area (Å²) in [4.78, 5) is 26.2. The second-order valence-corrected chi connectivity index (χ2v) is 8.09. The number of nitrogens with zero attached hydrogens (tertiary/aromatic N) is 1. The first-order valence-electron chi connectivity index (χ1n) is 9.82. The number of amides is 2. The van der Waals surface area contributed by atoms with Crippen molar-refractivity contribution in [3.05, 3.63) is 54.1 Å². The van der Waals surface area contributed by atoms with Crippen molar-refractivity contribution in [2.45, 2.75) is 40.2 Å². The molecule has 6 heteroatoms. The summed E-state index contributed by atoms with van der Waals surface area (Å²) < 4.78 is 5.82. The predicted octanol–water partition coefficient (Wildman–Crippen LogP) is 3.96. The fraction of sp³-hybridized carbons (Fsp3) is 0.391. The van der Waals surface area contributed by atoms with Gasteiger partial charge in [0.15, 0.2) is 0 Å². The molecule has 2 N–H and O–H groups in total. The lowest BCUT2D eigenvalue weighted by Gasteiger charge is -2.24. The topological polar surface area (TPSA) is 70.7 Å². The Kier molecular flexibility index (Phi) is 7.79. The Morgan fingerprint density at radius 2 is 1.62 bits per heavy atom. The van der Waals surface area contributed by atoms with Gasteiger partial charge in [0.2, 0.25) is 11.8 Å². The molecule has 0 saturated heterocycles. The second-order valence-electron chi connectivity index (χ2n) is 8.09. The number of hydrogen-bond donors (Lipinski definition) is 2. The van der Waals surface area contributed by atoms with Gasteiger partial charge in [0.1, 0.15) is 11.5 Å². The quantitative estimate of drug-likeness (QED) is 0.707. The SMILES string of the molecule is CCN(CC(=O)Nc1ccc(Oc2cccc(C)c2)cc1)CC(=O)NC(C)(C)C. The minimum absolute atomic E-state index is 0.0928. The average Bonchev–Trinajstić information content (AvgIpc) is 2.61. The normalized spacial score (nSPS) is 11.2. The molecule has 2 rings (SSSR count). The molecule has 2 aromatic rings. The molecule has 0 saturated carbocycles. The molecule has 0 aromatic heterocycles. The maximum absolute atomic E-state index is 12.3. The van der Waals surface area contributed by atoms with E-state index < -0.39 is 0 Å². The summed E-state index contributed by atoms with van der Waals surface area (Å²) in [5.74, 6) is 1.21. The number of nitrogens with one attached hydrogen (secondary N) is 2. The molecule has 0 unspecified atom stereocenters. The molecule has 29 heavy (non-hydrogen) atoms. The van der Waals surface area contributed by atoms with Gasteiger partial charge in [0.05, 0.1) is 13.1 Å². The first kappa shape index (κ1) is 22.4. The van der Waals surface area contributed by atoms with Gasteiger partial charge in [-0.3, -0.25) is 14.5 Å². The number of hydrogen-bond acceptors (Lipinski definition) is 4. The van der Waals surface area contributed by atoms with Crippen LogP contribution < -0.4 is 15.4 Å². The highest BCUT2D eigenvalue weighted by atomic mass is 16.5. The van der Waals surface area contributed by atoms with Crippen molar-refractivity contribution >= 4 is 17.5 Å². The van der Waals surface area contributed by atoms with Gasteiger partial charge in [-0.15, -0.1) is 0 Å². The minimum atomic E-state index is -0.291. The van der Waals surface area contributed by atoms with Crippen LogP contribution in [0.25, 0.3) is 0 Å². The molecule has 156 valence electrons. The molecule has 0 fully saturated rings. The average molecular weight is 398 g/mol. The molecule has 0 aliphatic rings. The number of rotatable bonds is 8. The molecule has 2 aromatic carbocycles. The molecule has 0 heterocycles. The van der Waals surface area contributed by atoms with Gasteiger partial charge >= 0.3 is 0 Å². The van der Waals surface area contributed by atoms with E-state index in [-0.39, 0.29) is 30.4 Å². The van der Waals surface area contributed by atoms with Crippen LogP contribution in [0.5, 0.6) is 11.5 Å².